The summed E-state index contributed by atoms with van der Waals surface area (Å²) in [6.07, 6.45) is 0. The van der Waals surface area contributed by atoms with Crippen LogP contribution in [0.2, 0.25) is 0 Å². The molecule has 0 saturated carbocycles. The van der Waals surface area contributed by atoms with E-state index in [1.807, 2.05) is 0 Å². The quantitative estimate of drug-likeness (QED) is 0.181. The number of anilines is 2. The fourth-order valence-electron chi connectivity index (χ4n) is 8.01. The van der Waals surface area contributed by atoms with Gasteiger partial charge in [0.25, 0.3) is 0 Å². The maximum Gasteiger partial charge on any atom is 0.145 e. The molecular formula is C46H31N3. The first-order chi connectivity index (χ1) is 24.3. The Morgan fingerprint density at radius 1 is 0.429 bits per heavy atom. The van der Waals surface area contributed by atoms with Crippen LogP contribution in [0.15, 0.2) is 170 Å². The van der Waals surface area contributed by atoms with Crippen molar-refractivity contribution in [3.05, 3.63) is 170 Å². The smallest absolute Gasteiger partial charge is 0.145 e. The van der Waals surface area contributed by atoms with Crippen molar-refractivity contribution in [2.45, 2.75) is 0 Å². The zero-order valence-electron chi connectivity index (χ0n) is 27.0. The third kappa shape index (κ3) is 4.12. The summed E-state index contributed by atoms with van der Waals surface area (Å²) in [6, 6.07) is 61.2. The summed E-state index contributed by atoms with van der Waals surface area (Å²) < 4.78 is 2.35. The van der Waals surface area contributed by atoms with Gasteiger partial charge < -0.3 is 4.90 Å². The summed E-state index contributed by atoms with van der Waals surface area (Å²) in [4.78, 5) is 7.51. The highest BCUT2D eigenvalue weighted by molar-refractivity contribution is 6.21. The second kappa shape index (κ2) is 10.8. The van der Waals surface area contributed by atoms with Crippen molar-refractivity contribution in [3.8, 4) is 50.5 Å². The molecule has 0 aliphatic carbocycles. The van der Waals surface area contributed by atoms with Crippen molar-refractivity contribution in [2.75, 3.05) is 11.9 Å². The minimum absolute atomic E-state index is 0.958. The van der Waals surface area contributed by atoms with Crippen LogP contribution in [0.5, 0.6) is 0 Å². The van der Waals surface area contributed by atoms with Gasteiger partial charge in [-0.05, 0) is 73.6 Å². The van der Waals surface area contributed by atoms with Gasteiger partial charge in [0, 0.05) is 18.2 Å². The Hall–Kier alpha value is -6.45. The lowest BCUT2D eigenvalue weighted by atomic mass is 9.85. The minimum atomic E-state index is 0.958. The van der Waals surface area contributed by atoms with E-state index in [-0.39, 0.29) is 0 Å². The number of imidazole rings is 1. The van der Waals surface area contributed by atoms with E-state index in [1.165, 1.54) is 60.6 Å². The molecule has 1 aliphatic rings. The maximum atomic E-state index is 5.17. The first-order valence-electron chi connectivity index (χ1n) is 16.8. The SMILES string of the molecule is CN1c2c(-c3cccc(-c4c5ccccc5c(-c5ccccc5)c5ccccc45)c3)cccc2-n2c(-c3ccccc3)nc3cccc1c32. The third-order valence-electron chi connectivity index (χ3n) is 10.1. The molecule has 0 unspecified atom stereocenters. The Morgan fingerprint density at radius 3 is 1.61 bits per heavy atom. The lowest BCUT2D eigenvalue weighted by molar-refractivity contribution is 1.05. The van der Waals surface area contributed by atoms with Gasteiger partial charge in [0.05, 0.1) is 28.1 Å². The van der Waals surface area contributed by atoms with Crippen LogP contribution in [-0.2, 0) is 0 Å². The minimum Gasteiger partial charge on any atom is -0.341 e. The van der Waals surface area contributed by atoms with Gasteiger partial charge in [-0.25, -0.2) is 4.98 Å². The van der Waals surface area contributed by atoms with Crippen molar-refractivity contribution < 1.29 is 0 Å². The largest absolute Gasteiger partial charge is 0.341 e. The number of para-hydroxylation sites is 2. The van der Waals surface area contributed by atoms with E-state index in [2.05, 4.69) is 186 Å². The van der Waals surface area contributed by atoms with Crippen LogP contribution >= 0.6 is 0 Å². The van der Waals surface area contributed by atoms with Gasteiger partial charge in [-0.15, -0.1) is 0 Å². The maximum absolute atomic E-state index is 5.17. The van der Waals surface area contributed by atoms with Crippen LogP contribution in [0.1, 0.15) is 0 Å². The van der Waals surface area contributed by atoms with E-state index in [0.717, 1.165) is 33.8 Å². The van der Waals surface area contributed by atoms with Crippen LogP contribution < -0.4 is 4.90 Å². The molecule has 2 heterocycles. The molecule has 0 spiro atoms. The van der Waals surface area contributed by atoms with E-state index in [4.69, 9.17) is 4.98 Å². The molecule has 1 aliphatic heterocycles. The Bertz CT molecular complexity index is 2670. The van der Waals surface area contributed by atoms with Crippen LogP contribution in [0.25, 0.3) is 83.0 Å². The molecule has 0 radical (unpaired) electrons. The Labute approximate surface area is 285 Å². The summed E-state index contributed by atoms with van der Waals surface area (Å²) in [5.41, 5.74) is 14.0. The number of hydrogen-bond donors (Lipinski definition) is 0. The molecule has 10 rings (SSSR count). The zero-order valence-corrected chi connectivity index (χ0v) is 27.0. The zero-order chi connectivity index (χ0) is 32.5. The highest BCUT2D eigenvalue weighted by atomic mass is 15.2. The molecule has 49 heavy (non-hydrogen) atoms. The molecule has 0 amide bonds. The molecule has 0 atom stereocenters. The fourth-order valence-corrected chi connectivity index (χ4v) is 8.01. The van der Waals surface area contributed by atoms with Crippen molar-refractivity contribution in [1.82, 2.24) is 9.55 Å². The van der Waals surface area contributed by atoms with Gasteiger partial charge in [0.1, 0.15) is 5.82 Å². The second-order valence-electron chi connectivity index (χ2n) is 12.8. The normalized spacial score (nSPS) is 12.1. The van der Waals surface area contributed by atoms with Crippen molar-refractivity contribution in [3.63, 3.8) is 0 Å². The number of fused-ring (bicyclic) bond motifs is 4. The molecule has 1 aromatic heterocycles. The lowest BCUT2D eigenvalue weighted by Crippen LogP contribution is -2.19. The molecular weight excluding hydrogens is 595 g/mol. The van der Waals surface area contributed by atoms with E-state index in [9.17, 15) is 0 Å². The van der Waals surface area contributed by atoms with E-state index in [1.54, 1.807) is 0 Å². The number of nitrogens with zero attached hydrogens (tertiary/aromatic N) is 3. The molecule has 0 bridgehead atoms. The van der Waals surface area contributed by atoms with Gasteiger partial charge >= 0.3 is 0 Å². The first kappa shape index (κ1) is 27.6. The van der Waals surface area contributed by atoms with Gasteiger partial charge in [-0.2, -0.15) is 0 Å². The van der Waals surface area contributed by atoms with Gasteiger partial charge in [0.2, 0.25) is 0 Å². The number of aromatic nitrogens is 2. The van der Waals surface area contributed by atoms with Crippen LogP contribution in [0.4, 0.5) is 11.4 Å². The van der Waals surface area contributed by atoms with Crippen LogP contribution in [0.3, 0.4) is 0 Å². The Morgan fingerprint density at radius 2 is 0.939 bits per heavy atom. The van der Waals surface area contributed by atoms with Crippen LogP contribution in [-0.4, -0.2) is 16.6 Å². The highest BCUT2D eigenvalue weighted by Gasteiger charge is 2.29. The standard InChI is InChI=1S/C46H31N3/c1-48-40-27-14-26-39-45(40)49(46(47-39)31-17-6-3-7-18-31)41-28-13-25-34(44(41)48)32-19-12-20-33(29-32)43-37-23-10-8-21-35(37)42(30-15-4-2-5-16-30)36-22-9-11-24-38(36)43/h2-29H,1H3. The second-order valence-corrected chi connectivity index (χ2v) is 12.8. The number of rotatable bonds is 4. The molecule has 0 N–H and O–H groups in total. The summed E-state index contributed by atoms with van der Waals surface area (Å²) in [6.45, 7) is 0. The third-order valence-corrected chi connectivity index (χ3v) is 10.1. The molecule has 0 fully saturated rings. The number of benzene rings is 8. The van der Waals surface area contributed by atoms with Crippen molar-refractivity contribution >= 4 is 44.0 Å². The summed E-state index contributed by atoms with van der Waals surface area (Å²) in [7, 11) is 2.18. The monoisotopic (exact) mass is 625 g/mol. The Balaban J connectivity index is 1.21. The summed E-state index contributed by atoms with van der Waals surface area (Å²) in [5.74, 6) is 0.958. The molecule has 8 aromatic carbocycles. The predicted molar refractivity (Wildman–Crippen MR) is 206 cm³/mol. The van der Waals surface area contributed by atoms with Gasteiger partial charge in [0.15, 0.2) is 0 Å². The summed E-state index contributed by atoms with van der Waals surface area (Å²) >= 11 is 0. The number of hydrogen-bond acceptors (Lipinski definition) is 2. The van der Waals surface area contributed by atoms with E-state index < -0.39 is 0 Å². The predicted octanol–water partition coefficient (Wildman–Crippen LogP) is 12.1. The average Bonchev–Trinajstić information content (AvgIpc) is 3.57. The average molecular weight is 626 g/mol. The molecule has 3 nitrogen and oxygen atoms in total. The topological polar surface area (TPSA) is 21.1 Å². The molecule has 0 saturated heterocycles. The molecule has 230 valence electrons. The van der Waals surface area contributed by atoms with Gasteiger partial charge in [-0.3, -0.25) is 4.57 Å². The van der Waals surface area contributed by atoms with E-state index >= 15 is 0 Å². The first-order valence-corrected chi connectivity index (χ1v) is 16.8. The van der Waals surface area contributed by atoms with E-state index in [0.29, 0.717) is 0 Å². The van der Waals surface area contributed by atoms with Crippen molar-refractivity contribution in [1.29, 1.82) is 0 Å². The van der Waals surface area contributed by atoms with Crippen molar-refractivity contribution in [2.24, 2.45) is 0 Å². The Kier molecular flexibility index (Phi) is 6.09. The summed E-state index contributed by atoms with van der Waals surface area (Å²) in [5, 5.41) is 5.04. The lowest BCUT2D eigenvalue weighted by Gasteiger charge is -2.32. The molecule has 9 aromatic rings. The van der Waals surface area contributed by atoms with Crippen LogP contribution in [0, 0.1) is 0 Å². The molecule has 3 heteroatoms. The van der Waals surface area contributed by atoms with Gasteiger partial charge in [-0.1, -0.05) is 146 Å². The highest BCUT2D eigenvalue weighted by Crippen LogP contribution is 2.49. The fraction of sp³-hybridized carbons (Fsp3) is 0.0217.